The van der Waals surface area contributed by atoms with Crippen LogP contribution in [0.5, 0.6) is 5.75 Å². The summed E-state index contributed by atoms with van der Waals surface area (Å²) >= 11 is 0. The molecule has 0 bridgehead atoms. The number of hydrogen-bond donors (Lipinski definition) is 2. The molecule has 0 saturated carbocycles. The molecule has 1 atom stereocenters. The largest absolute Gasteiger partial charge is 0.497 e. The minimum Gasteiger partial charge on any atom is -0.497 e. The average molecular weight is 347 g/mol. The summed E-state index contributed by atoms with van der Waals surface area (Å²) in [5.74, 6) is 2.37. The lowest BCUT2D eigenvalue weighted by Crippen LogP contribution is -2.42. The van der Waals surface area contributed by atoms with E-state index in [1.54, 1.807) is 7.11 Å². The SMILES string of the molecule is CCNC(=NCc1cccc(OC)c1)NCC(C)CN1CCCCC1. The minimum absolute atomic E-state index is 0.610. The Balaban J connectivity index is 1.81. The topological polar surface area (TPSA) is 48.9 Å². The molecule has 0 radical (unpaired) electrons. The van der Waals surface area contributed by atoms with E-state index in [-0.39, 0.29) is 0 Å². The number of aliphatic imine (C=N–C) groups is 1. The molecule has 2 rings (SSSR count). The second-order valence-electron chi connectivity index (χ2n) is 6.89. The van der Waals surface area contributed by atoms with E-state index < -0.39 is 0 Å². The molecule has 25 heavy (non-hydrogen) atoms. The van der Waals surface area contributed by atoms with Gasteiger partial charge >= 0.3 is 0 Å². The van der Waals surface area contributed by atoms with Crippen molar-refractivity contribution in [2.24, 2.45) is 10.9 Å². The summed E-state index contributed by atoms with van der Waals surface area (Å²) in [6, 6.07) is 8.07. The van der Waals surface area contributed by atoms with Crippen molar-refractivity contribution in [1.29, 1.82) is 0 Å². The molecule has 1 saturated heterocycles. The zero-order valence-corrected chi connectivity index (χ0v) is 16.1. The van der Waals surface area contributed by atoms with Crippen LogP contribution in [0, 0.1) is 5.92 Å². The Kier molecular flexibility index (Phi) is 8.60. The molecular weight excluding hydrogens is 312 g/mol. The van der Waals surface area contributed by atoms with Crippen molar-refractivity contribution in [3.63, 3.8) is 0 Å². The summed E-state index contributed by atoms with van der Waals surface area (Å²) in [4.78, 5) is 7.30. The van der Waals surface area contributed by atoms with Gasteiger partial charge in [0.05, 0.1) is 13.7 Å². The third kappa shape index (κ3) is 7.34. The van der Waals surface area contributed by atoms with Gasteiger partial charge in [0.25, 0.3) is 0 Å². The fourth-order valence-corrected chi connectivity index (χ4v) is 3.20. The zero-order chi connectivity index (χ0) is 17.9. The van der Waals surface area contributed by atoms with Crippen molar-refractivity contribution < 1.29 is 4.74 Å². The van der Waals surface area contributed by atoms with E-state index >= 15 is 0 Å². The molecule has 0 amide bonds. The molecule has 140 valence electrons. The average Bonchev–Trinajstić information content (AvgIpc) is 2.65. The van der Waals surface area contributed by atoms with E-state index in [0.29, 0.717) is 12.5 Å². The molecule has 1 aromatic carbocycles. The summed E-state index contributed by atoms with van der Waals surface area (Å²) in [6.07, 6.45) is 4.10. The van der Waals surface area contributed by atoms with Gasteiger partial charge < -0.3 is 20.3 Å². The van der Waals surface area contributed by atoms with Crippen molar-refractivity contribution in [1.82, 2.24) is 15.5 Å². The van der Waals surface area contributed by atoms with E-state index in [0.717, 1.165) is 30.4 Å². The predicted octanol–water partition coefficient (Wildman–Crippen LogP) is 2.87. The first-order valence-corrected chi connectivity index (χ1v) is 9.58. The Hall–Kier alpha value is -1.75. The van der Waals surface area contributed by atoms with Crippen LogP contribution in [0.2, 0.25) is 0 Å². The lowest BCUT2D eigenvalue weighted by atomic mass is 10.1. The second kappa shape index (κ2) is 11.0. The molecule has 5 nitrogen and oxygen atoms in total. The van der Waals surface area contributed by atoms with E-state index in [2.05, 4.69) is 35.4 Å². The van der Waals surface area contributed by atoms with Crippen molar-refractivity contribution in [3.05, 3.63) is 29.8 Å². The number of nitrogens with zero attached hydrogens (tertiary/aromatic N) is 2. The number of likely N-dealkylation sites (tertiary alicyclic amines) is 1. The summed E-state index contributed by atoms with van der Waals surface area (Å²) in [7, 11) is 1.69. The summed E-state index contributed by atoms with van der Waals surface area (Å²) < 4.78 is 5.28. The fraction of sp³-hybridized carbons (Fsp3) is 0.650. The van der Waals surface area contributed by atoms with Crippen LogP contribution in [-0.2, 0) is 6.54 Å². The molecule has 2 N–H and O–H groups in total. The van der Waals surface area contributed by atoms with Crippen LogP contribution in [0.4, 0.5) is 0 Å². The first kappa shape index (κ1) is 19.6. The van der Waals surface area contributed by atoms with Gasteiger partial charge in [-0.05, 0) is 56.5 Å². The quantitative estimate of drug-likeness (QED) is 0.561. The number of piperidine rings is 1. The molecule has 0 spiro atoms. The lowest BCUT2D eigenvalue weighted by Gasteiger charge is -2.29. The molecule has 1 aromatic rings. The number of hydrogen-bond acceptors (Lipinski definition) is 3. The summed E-state index contributed by atoms with van der Waals surface area (Å²) in [6.45, 7) is 10.6. The Labute approximate surface area is 152 Å². The molecule has 0 aliphatic carbocycles. The Morgan fingerprint density at radius 1 is 1.24 bits per heavy atom. The van der Waals surface area contributed by atoms with Gasteiger partial charge in [0.2, 0.25) is 0 Å². The lowest BCUT2D eigenvalue weighted by molar-refractivity contribution is 0.201. The van der Waals surface area contributed by atoms with Gasteiger partial charge in [0.1, 0.15) is 5.75 Å². The first-order chi connectivity index (χ1) is 12.2. The molecule has 1 aliphatic rings. The normalized spacial score (nSPS) is 17.2. The van der Waals surface area contributed by atoms with Crippen LogP contribution in [0.1, 0.15) is 38.7 Å². The van der Waals surface area contributed by atoms with Crippen LogP contribution in [0.3, 0.4) is 0 Å². The van der Waals surface area contributed by atoms with Gasteiger partial charge in [-0.25, -0.2) is 4.99 Å². The minimum atomic E-state index is 0.610. The highest BCUT2D eigenvalue weighted by molar-refractivity contribution is 5.79. The highest BCUT2D eigenvalue weighted by atomic mass is 16.5. The monoisotopic (exact) mass is 346 g/mol. The number of ether oxygens (including phenoxy) is 1. The number of benzene rings is 1. The van der Waals surface area contributed by atoms with Gasteiger partial charge in [0, 0.05) is 19.6 Å². The van der Waals surface area contributed by atoms with Crippen LogP contribution in [0.25, 0.3) is 0 Å². The van der Waals surface area contributed by atoms with Gasteiger partial charge in [0.15, 0.2) is 5.96 Å². The maximum absolute atomic E-state index is 5.28. The molecule has 1 aliphatic heterocycles. The molecule has 1 unspecified atom stereocenters. The molecule has 1 fully saturated rings. The number of guanidine groups is 1. The molecule has 0 aromatic heterocycles. The third-order valence-corrected chi connectivity index (χ3v) is 4.53. The van der Waals surface area contributed by atoms with Crippen LogP contribution < -0.4 is 15.4 Å². The highest BCUT2D eigenvalue weighted by Gasteiger charge is 2.13. The third-order valence-electron chi connectivity index (χ3n) is 4.53. The molecule has 1 heterocycles. The van der Waals surface area contributed by atoms with E-state index in [4.69, 9.17) is 9.73 Å². The van der Waals surface area contributed by atoms with E-state index in [9.17, 15) is 0 Å². The summed E-state index contributed by atoms with van der Waals surface area (Å²) in [5.41, 5.74) is 1.15. The maximum Gasteiger partial charge on any atom is 0.191 e. The number of methoxy groups -OCH3 is 1. The Bertz CT molecular complexity index is 526. The van der Waals surface area contributed by atoms with Crippen LogP contribution >= 0.6 is 0 Å². The van der Waals surface area contributed by atoms with Crippen LogP contribution in [-0.4, -0.2) is 50.7 Å². The van der Waals surface area contributed by atoms with E-state index in [1.165, 1.54) is 38.9 Å². The Morgan fingerprint density at radius 2 is 2.04 bits per heavy atom. The standard InChI is InChI=1S/C20H34N4O/c1-4-21-20(23-15-18-9-8-10-19(13-18)25-3)22-14-17(2)16-24-11-6-5-7-12-24/h8-10,13,17H,4-7,11-12,14-16H2,1-3H3,(H2,21,22,23). The van der Waals surface area contributed by atoms with Crippen molar-refractivity contribution >= 4 is 5.96 Å². The van der Waals surface area contributed by atoms with E-state index in [1.807, 2.05) is 18.2 Å². The van der Waals surface area contributed by atoms with Gasteiger partial charge in [-0.3, -0.25) is 0 Å². The number of nitrogens with one attached hydrogen (secondary N) is 2. The zero-order valence-electron chi connectivity index (χ0n) is 16.1. The Morgan fingerprint density at radius 3 is 2.76 bits per heavy atom. The van der Waals surface area contributed by atoms with Crippen molar-refractivity contribution in [2.45, 2.75) is 39.7 Å². The smallest absolute Gasteiger partial charge is 0.191 e. The predicted molar refractivity (Wildman–Crippen MR) is 105 cm³/mol. The summed E-state index contributed by atoms with van der Waals surface area (Å²) in [5, 5.41) is 6.82. The van der Waals surface area contributed by atoms with Gasteiger partial charge in [-0.15, -0.1) is 0 Å². The molecule has 5 heteroatoms. The molecular formula is C20H34N4O. The number of rotatable bonds is 8. The van der Waals surface area contributed by atoms with Crippen molar-refractivity contribution in [3.8, 4) is 5.75 Å². The second-order valence-corrected chi connectivity index (χ2v) is 6.89. The fourth-order valence-electron chi connectivity index (χ4n) is 3.20. The first-order valence-electron chi connectivity index (χ1n) is 9.58. The van der Waals surface area contributed by atoms with Gasteiger partial charge in [-0.1, -0.05) is 25.5 Å². The maximum atomic E-state index is 5.28. The van der Waals surface area contributed by atoms with Crippen molar-refractivity contribution in [2.75, 3.05) is 39.8 Å². The van der Waals surface area contributed by atoms with Gasteiger partial charge in [-0.2, -0.15) is 0 Å². The van der Waals surface area contributed by atoms with Crippen LogP contribution in [0.15, 0.2) is 29.3 Å². The highest BCUT2D eigenvalue weighted by Crippen LogP contribution is 2.13.